The lowest BCUT2D eigenvalue weighted by Gasteiger charge is -2.40. The topological polar surface area (TPSA) is 108 Å². The number of carbonyl (C=O) groups excluding carboxylic acids is 3. The normalized spacial score (nSPS) is 22.3. The van der Waals surface area contributed by atoms with Gasteiger partial charge in [-0.05, 0) is 55.2 Å². The fourth-order valence-corrected chi connectivity index (χ4v) is 6.61. The van der Waals surface area contributed by atoms with Gasteiger partial charge in [0.15, 0.2) is 5.92 Å². The van der Waals surface area contributed by atoms with Crippen molar-refractivity contribution in [3.05, 3.63) is 53.1 Å². The van der Waals surface area contributed by atoms with Gasteiger partial charge < -0.3 is 4.74 Å². The number of alkyl halides is 3. The summed E-state index contributed by atoms with van der Waals surface area (Å²) in [5.74, 6) is -3.15. The van der Waals surface area contributed by atoms with Crippen LogP contribution in [0.2, 0.25) is 0 Å². The lowest BCUT2D eigenvalue weighted by Crippen LogP contribution is -2.59. The monoisotopic (exact) mass is 566 g/mol. The van der Waals surface area contributed by atoms with Crippen molar-refractivity contribution >= 4 is 45.2 Å². The number of halogens is 3. The number of fused-ring (bicyclic) bond motifs is 2. The molecule has 0 aromatic heterocycles. The largest absolute Gasteiger partial charge is 0.465 e. The number of anilines is 3. The molecule has 0 bridgehead atoms. The summed E-state index contributed by atoms with van der Waals surface area (Å²) in [6.45, 7) is 1.16. The van der Waals surface area contributed by atoms with Crippen LogP contribution in [0.4, 0.5) is 35.0 Å². The molecule has 208 valence electrons. The van der Waals surface area contributed by atoms with E-state index in [4.69, 9.17) is 4.74 Å². The van der Waals surface area contributed by atoms with Crippen molar-refractivity contribution in [2.75, 3.05) is 40.8 Å². The van der Waals surface area contributed by atoms with E-state index < -0.39 is 51.8 Å². The highest BCUT2D eigenvalue weighted by Gasteiger charge is 2.50. The molecule has 2 aromatic carbocycles. The molecule has 0 N–H and O–H groups in total. The van der Waals surface area contributed by atoms with Crippen molar-refractivity contribution in [3.8, 4) is 0 Å². The maximum atomic E-state index is 13.8. The van der Waals surface area contributed by atoms with Gasteiger partial charge in [-0.3, -0.25) is 28.0 Å². The van der Waals surface area contributed by atoms with Crippen LogP contribution >= 0.6 is 0 Å². The lowest BCUT2D eigenvalue weighted by atomic mass is 9.98. The highest BCUT2D eigenvalue weighted by atomic mass is 32.2. The van der Waals surface area contributed by atoms with Crippen LogP contribution in [0.3, 0.4) is 0 Å². The second-order valence-electron chi connectivity index (χ2n) is 9.45. The molecule has 3 amide bonds. The average molecular weight is 567 g/mol. The zero-order valence-corrected chi connectivity index (χ0v) is 22.0. The van der Waals surface area contributed by atoms with E-state index in [0.717, 1.165) is 24.5 Å². The second-order valence-corrected chi connectivity index (χ2v) is 11.4. The standard InChI is InChI=1S/C25H25F3N4O6S/c1-4-38-23(34)17-13-31(14-8-10-20-21(12-14)30(3)39(36,37)29(20)2)24(35)32(22(17)33)19-11-9-15-16(19)6-5-7-18(15)25(26,27)28/h5-8,10,12,17,19H,4,9,11,13H2,1-3H3/t17?,19-/m1/s1. The molecule has 0 saturated carbocycles. The minimum Gasteiger partial charge on any atom is -0.465 e. The molecule has 10 nitrogen and oxygen atoms in total. The number of ether oxygens (including phenoxy) is 1. The molecule has 2 aromatic rings. The molecule has 2 aliphatic heterocycles. The first-order valence-corrected chi connectivity index (χ1v) is 13.6. The zero-order valence-electron chi connectivity index (χ0n) is 21.2. The summed E-state index contributed by atoms with van der Waals surface area (Å²) >= 11 is 0. The van der Waals surface area contributed by atoms with E-state index in [1.54, 1.807) is 6.92 Å². The first kappa shape index (κ1) is 26.8. The predicted molar refractivity (Wildman–Crippen MR) is 134 cm³/mol. The van der Waals surface area contributed by atoms with Crippen LogP contribution in [0.25, 0.3) is 0 Å². The maximum absolute atomic E-state index is 13.8. The molecule has 3 aliphatic rings. The molecule has 5 rings (SSSR count). The Morgan fingerprint density at radius 2 is 1.77 bits per heavy atom. The smallest absolute Gasteiger partial charge is 0.416 e. The Kier molecular flexibility index (Phi) is 6.28. The number of benzene rings is 2. The van der Waals surface area contributed by atoms with E-state index >= 15 is 0 Å². The van der Waals surface area contributed by atoms with Crippen molar-refractivity contribution in [2.24, 2.45) is 5.92 Å². The number of rotatable bonds is 4. The van der Waals surface area contributed by atoms with Crippen LogP contribution in [0.5, 0.6) is 0 Å². The lowest BCUT2D eigenvalue weighted by molar-refractivity contribution is -0.155. The van der Waals surface area contributed by atoms with Gasteiger partial charge in [-0.15, -0.1) is 0 Å². The third kappa shape index (κ3) is 4.08. The van der Waals surface area contributed by atoms with E-state index in [9.17, 15) is 36.0 Å². The van der Waals surface area contributed by atoms with Crippen molar-refractivity contribution < 1.29 is 40.7 Å². The predicted octanol–water partition coefficient (Wildman–Crippen LogP) is 3.47. The number of esters is 1. The Morgan fingerprint density at radius 3 is 2.44 bits per heavy atom. The number of hydrogen-bond donors (Lipinski definition) is 0. The van der Waals surface area contributed by atoms with E-state index in [1.165, 1.54) is 44.4 Å². The number of hydrogen-bond acceptors (Lipinski definition) is 6. The summed E-state index contributed by atoms with van der Waals surface area (Å²) in [4.78, 5) is 42.2. The van der Waals surface area contributed by atoms with Gasteiger partial charge in [-0.25, -0.2) is 4.79 Å². The van der Waals surface area contributed by atoms with Gasteiger partial charge in [0.25, 0.3) is 0 Å². The summed E-state index contributed by atoms with van der Waals surface area (Å²) < 4.78 is 73.3. The molecule has 0 spiro atoms. The van der Waals surface area contributed by atoms with Crippen LogP contribution in [-0.4, -0.2) is 58.5 Å². The fourth-order valence-electron chi connectivity index (χ4n) is 5.45. The quantitative estimate of drug-likeness (QED) is 0.415. The number of urea groups is 1. The van der Waals surface area contributed by atoms with Crippen molar-refractivity contribution in [1.29, 1.82) is 0 Å². The summed E-state index contributed by atoms with van der Waals surface area (Å²) in [6.07, 6.45) is -4.57. The molecule has 39 heavy (non-hydrogen) atoms. The third-order valence-electron chi connectivity index (χ3n) is 7.41. The summed E-state index contributed by atoms with van der Waals surface area (Å²) in [5.41, 5.74) is 0.227. The summed E-state index contributed by atoms with van der Waals surface area (Å²) in [5, 5.41) is 0. The Balaban J connectivity index is 1.58. The Labute approximate surface area is 222 Å². The number of amides is 3. The molecular weight excluding hydrogens is 541 g/mol. The molecule has 1 aliphatic carbocycles. The SMILES string of the molecule is CCOC(=O)C1CN(c2ccc3c(c2)N(C)S(=O)(=O)N3C)C(=O)N([C@@H]2CCc3c2cccc3C(F)(F)F)C1=O. The van der Waals surface area contributed by atoms with Gasteiger partial charge in [-0.1, -0.05) is 12.1 Å². The van der Waals surface area contributed by atoms with Crippen molar-refractivity contribution in [3.63, 3.8) is 0 Å². The van der Waals surface area contributed by atoms with Crippen LogP contribution < -0.4 is 13.5 Å². The molecule has 14 heteroatoms. The first-order valence-electron chi connectivity index (χ1n) is 12.2. The minimum absolute atomic E-state index is 0.00723. The second kappa shape index (κ2) is 9.14. The molecular formula is C25H25F3N4O6S. The number of nitrogens with zero attached hydrogens (tertiary/aromatic N) is 4. The summed E-state index contributed by atoms with van der Waals surface area (Å²) in [7, 11) is -1.07. The Hall–Kier alpha value is -3.81. The molecule has 1 unspecified atom stereocenters. The van der Waals surface area contributed by atoms with Gasteiger partial charge in [0, 0.05) is 19.8 Å². The van der Waals surface area contributed by atoms with Gasteiger partial charge in [0.2, 0.25) is 5.91 Å². The molecule has 1 saturated heterocycles. The van der Waals surface area contributed by atoms with Gasteiger partial charge >= 0.3 is 28.4 Å². The van der Waals surface area contributed by atoms with E-state index in [1.807, 2.05) is 0 Å². The van der Waals surface area contributed by atoms with Crippen LogP contribution in [0.15, 0.2) is 36.4 Å². The van der Waals surface area contributed by atoms with E-state index in [-0.39, 0.29) is 48.5 Å². The third-order valence-corrected chi connectivity index (χ3v) is 9.18. The maximum Gasteiger partial charge on any atom is 0.416 e. The Bertz CT molecular complexity index is 1500. The van der Waals surface area contributed by atoms with Crippen LogP contribution in [0, 0.1) is 5.92 Å². The van der Waals surface area contributed by atoms with Gasteiger partial charge in [-0.2, -0.15) is 21.6 Å². The Morgan fingerprint density at radius 1 is 1.08 bits per heavy atom. The highest BCUT2D eigenvalue weighted by Crippen LogP contribution is 2.46. The minimum atomic E-state index is -4.61. The van der Waals surface area contributed by atoms with Gasteiger partial charge in [0.1, 0.15) is 0 Å². The summed E-state index contributed by atoms with van der Waals surface area (Å²) in [6, 6.07) is 6.23. The van der Waals surface area contributed by atoms with Crippen molar-refractivity contribution in [2.45, 2.75) is 32.0 Å². The molecule has 2 atom stereocenters. The van der Waals surface area contributed by atoms with Crippen LogP contribution in [0.1, 0.15) is 36.1 Å². The highest BCUT2D eigenvalue weighted by molar-refractivity contribution is 7.94. The zero-order chi connectivity index (χ0) is 28.4. The molecule has 0 radical (unpaired) electrons. The number of imide groups is 1. The van der Waals surface area contributed by atoms with E-state index in [0.29, 0.717) is 5.69 Å². The molecule has 1 fully saturated rings. The molecule has 2 heterocycles. The van der Waals surface area contributed by atoms with E-state index in [2.05, 4.69) is 0 Å². The average Bonchev–Trinajstić information content (AvgIpc) is 3.37. The van der Waals surface area contributed by atoms with Crippen molar-refractivity contribution in [1.82, 2.24) is 4.90 Å². The first-order chi connectivity index (χ1) is 18.3. The number of carbonyl (C=O) groups is 3. The van der Waals surface area contributed by atoms with Gasteiger partial charge in [0.05, 0.1) is 36.1 Å². The fraction of sp³-hybridized carbons (Fsp3) is 0.400. The van der Waals surface area contributed by atoms with Crippen LogP contribution in [-0.2, 0) is 37.1 Å².